The number of aryl methyl sites for hydroxylation is 1. The smallest absolute Gasteiger partial charge is 0.322 e. The van der Waals surface area contributed by atoms with E-state index in [1.54, 1.807) is 23.2 Å². The van der Waals surface area contributed by atoms with Gasteiger partial charge in [0.05, 0.1) is 0 Å². The van der Waals surface area contributed by atoms with E-state index in [0.29, 0.717) is 12.4 Å². The molecule has 4 rings (SSSR count). The maximum absolute atomic E-state index is 13.3. The van der Waals surface area contributed by atoms with Gasteiger partial charge in [-0.1, -0.05) is 30.3 Å². The number of anilines is 1. The highest BCUT2D eigenvalue weighted by atomic mass is 19.1. The first-order valence-corrected chi connectivity index (χ1v) is 8.52. The maximum atomic E-state index is 13.3. The number of imidazole rings is 1. The van der Waals surface area contributed by atoms with E-state index in [2.05, 4.69) is 10.3 Å². The van der Waals surface area contributed by atoms with Gasteiger partial charge in [-0.05, 0) is 35.7 Å². The Hall–Kier alpha value is -3.15. The van der Waals surface area contributed by atoms with Gasteiger partial charge in [0.1, 0.15) is 17.7 Å². The number of nitrogens with one attached hydrogen (secondary N) is 1. The first kappa shape index (κ1) is 16.3. The number of rotatable bonds is 3. The predicted molar refractivity (Wildman–Crippen MR) is 97.5 cm³/mol. The van der Waals surface area contributed by atoms with Gasteiger partial charge >= 0.3 is 6.03 Å². The molecule has 132 valence electrons. The SMILES string of the molecule is Cn1ccnc1C(NC(=O)N1CCc2ccccc21)c1ccc(F)cc1. The lowest BCUT2D eigenvalue weighted by Gasteiger charge is -2.24. The summed E-state index contributed by atoms with van der Waals surface area (Å²) < 4.78 is 15.2. The molecule has 6 heteroatoms. The zero-order valence-electron chi connectivity index (χ0n) is 14.4. The summed E-state index contributed by atoms with van der Waals surface area (Å²) >= 11 is 0. The van der Waals surface area contributed by atoms with Crippen molar-refractivity contribution in [2.75, 3.05) is 11.4 Å². The monoisotopic (exact) mass is 350 g/mol. The Balaban J connectivity index is 1.64. The van der Waals surface area contributed by atoms with Crippen LogP contribution in [0.2, 0.25) is 0 Å². The summed E-state index contributed by atoms with van der Waals surface area (Å²) in [5.74, 6) is 0.379. The summed E-state index contributed by atoms with van der Waals surface area (Å²) in [5.41, 5.74) is 2.88. The molecule has 0 saturated carbocycles. The maximum Gasteiger partial charge on any atom is 0.322 e. The second-order valence-corrected chi connectivity index (χ2v) is 6.36. The van der Waals surface area contributed by atoms with E-state index >= 15 is 0 Å². The van der Waals surface area contributed by atoms with E-state index in [9.17, 15) is 9.18 Å². The van der Waals surface area contributed by atoms with E-state index < -0.39 is 6.04 Å². The van der Waals surface area contributed by atoms with Gasteiger partial charge in [-0.3, -0.25) is 4.90 Å². The third-order valence-corrected chi connectivity index (χ3v) is 4.72. The van der Waals surface area contributed by atoms with Crippen molar-refractivity contribution < 1.29 is 9.18 Å². The molecule has 1 aromatic heterocycles. The molecule has 0 radical (unpaired) electrons. The van der Waals surface area contributed by atoms with Crippen LogP contribution in [0, 0.1) is 5.82 Å². The zero-order valence-corrected chi connectivity index (χ0v) is 14.4. The quantitative estimate of drug-likeness (QED) is 0.787. The Labute approximate surface area is 151 Å². The van der Waals surface area contributed by atoms with Gasteiger partial charge in [0.25, 0.3) is 0 Å². The number of nitrogens with zero attached hydrogens (tertiary/aromatic N) is 3. The number of para-hydroxylation sites is 1. The number of benzene rings is 2. The van der Waals surface area contributed by atoms with Crippen molar-refractivity contribution in [1.29, 1.82) is 0 Å². The molecule has 0 aliphatic carbocycles. The molecule has 26 heavy (non-hydrogen) atoms. The molecule has 1 N–H and O–H groups in total. The Morgan fingerprint density at radius 1 is 1.19 bits per heavy atom. The molecule has 0 spiro atoms. The van der Waals surface area contributed by atoms with Crippen LogP contribution < -0.4 is 10.2 Å². The third-order valence-electron chi connectivity index (χ3n) is 4.72. The van der Waals surface area contributed by atoms with Crippen molar-refractivity contribution in [3.8, 4) is 0 Å². The number of urea groups is 1. The number of halogens is 1. The lowest BCUT2D eigenvalue weighted by molar-refractivity contribution is 0.244. The van der Waals surface area contributed by atoms with Gasteiger partial charge in [-0.2, -0.15) is 0 Å². The van der Waals surface area contributed by atoms with Gasteiger partial charge in [-0.25, -0.2) is 14.2 Å². The predicted octanol–water partition coefficient (Wildman–Crippen LogP) is 3.42. The van der Waals surface area contributed by atoms with Crippen molar-refractivity contribution in [1.82, 2.24) is 14.9 Å². The van der Waals surface area contributed by atoms with Crippen LogP contribution in [0.4, 0.5) is 14.9 Å². The molecule has 2 amide bonds. The topological polar surface area (TPSA) is 50.2 Å². The zero-order chi connectivity index (χ0) is 18.1. The van der Waals surface area contributed by atoms with Crippen LogP contribution in [0.1, 0.15) is 23.0 Å². The molecule has 1 aliphatic heterocycles. The number of fused-ring (bicyclic) bond motifs is 1. The van der Waals surface area contributed by atoms with E-state index in [-0.39, 0.29) is 11.8 Å². The molecule has 0 saturated heterocycles. The molecule has 0 bridgehead atoms. The summed E-state index contributed by atoms with van der Waals surface area (Å²) in [6.07, 6.45) is 4.35. The van der Waals surface area contributed by atoms with Crippen molar-refractivity contribution in [2.24, 2.45) is 7.05 Å². The summed E-state index contributed by atoms with van der Waals surface area (Å²) in [7, 11) is 1.87. The highest BCUT2D eigenvalue weighted by molar-refractivity contribution is 5.94. The average molecular weight is 350 g/mol. The molecule has 1 atom stereocenters. The summed E-state index contributed by atoms with van der Waals surface area (Å²) in [6.45, 7) is 0.641. The van der Waals surface area contributed by atoms with Gasteiger partial charge in [-0.15, -0.1) is 0 Å². The van der Waals surface area contributed by atoms with E-state index in [1.165, 1.54) is 12.1 Å². The summed E-state index contributed by atoms with van der Waals surface area (Å²) in [4.78, 5) is 19.1. The molecular formula is C20H19FN4O. The number of hydrogen-bond donors (Lipinski definition) is 1. The third kappa shape index (κ3) is 2.94. The van der Waals surface area contributed by atoms with Gasteiger partial charge in [0.15, 0.2) is 0 Å². The standard InChI is InChI=1S/C20H19FN4O/c1-24-13-11-22-19(24)18(15-6-8-16(21)9-7-15)23-20(26)25-12-10-14-4-2-3-5-17(14)25/h2-9,11,13,18H,10,12H2,1H3,(H,23,26). The van der Waals surface area contributed by atoms with Crippen molar-refractivity contribution in [3.63, 3.8) is 0 Å². The minimum atomic E-state index is -0.462. The lowest BCUT2D eigenvalue weighted by atomic mass is 10.1. The van der Waals surface area contributed by atoms with Crippen molar-refractivity contribution in [2.45, 2.75) is 12.5 Å². The van der Waals surface area contributed by atoms with Crippen LogP contribution in [0.3, 0.4) is 0 Å². The minimum absolute atomic E-state index is 0.188. The van der Waals surface area contributed by atoms with Crippen LogP contribution in [0.25, 0.3) is 0 Å². The normalized spacial score (nSPS) is 14.2. The number of hydrogen-bond acceptors (Lipinski definition) is 2. The molecule has 1 aliphatic rings. The van der Waals surface area contributed by atoms with Gasteiger partial charge in [0, 0.05) is 31.7 Å². The second kappa shape index (κ2) is 6.63. The second-order valence-electron chi connectivity index (χ2n) is 6.36. The fourth-order valence-corrected chi connectivity index (χ4v) is 3.36. The fourth-order valence-electron chi connectivity index (χ4n) is 3.36. The average Bonchev–Trinajstić information content (AvgIpc) is 3.26. The van der Waals surface area contributed by atoms with Crippen LogP contribution in [0.15, 0.2) is 60.9 Å². The van der Waals surface area contributed by atoms with E-state index in [0.717, 1.165) is 23.2 Å². The Kier molecular flexibility index (Phi) is 4.16. The molecule has 1 unspecified atom stereocenters. The Morgan fingerprint density at radius 3 is 2.69 bits per heavy atom. The first-order chi connectivity index (χ1) is 12.6. The highest BCUT2D eigenvalue weighted by Gasteiger charge is 2.28. The van der Waals surface area contributed by atoms with Gasteiger partial charge in [0.2, 0.25) is 0 Å². The molecule has 3 aromatic rings. The summed E-state index contributed by atoms with van der Waals surface area (Å²) in [5, 5.41) is 3.06. The molecule has 0 fully saturated rings. The highest BCUT2D eigenvalue weighted by Crippen LogP contribution is 2.28. The number of aromatic nitrogens is 2. The van der Waals surface area contributed by atoms with Crippen molar-refractivity contribution >= 4 is 11.7 Å². The molecule has 2 aromatic carbocycles. The Bertz CT molecular complexity index is 935. The lowest BCUT2D eigenvalue weighted by Crippen LogP contribution is -2.41. The fraction of sp³-hybridized carbons (Fsp3) is 0.200. The number of amides is 2. The number of carbonyl (C=O) groups is 1. The summed E-state index contributed by atoms with van der Waals surface area (Å²) in [6, 6.07) is 13.4. The van der Waals surface area contributed by atoms with E-state index in [1.807, 2.05) is 42.1 Å². The van der Waals surface area contributed by atoms with Crippen molar-refractivity contribution in [3.05, 3.63) is 83.7 Å². The number of carbonyl (C=O) groups excluding carboxylic acids is 1. The molecule has 2 heterocycles. The van der Waals surface area contributed by atoms with Crippen LogP contribution >= 0.6 is 0 Å². The molecule has 5 nitrogen and oxygen atoms in total. The first-order valence-electron chi connectivity index (χ1n) is 8.52. The minimum Gasteiger partial charge on any atom is -0.336 e. The molecular weight excluding hydrogens is 331 g/mol. The Morgan fingerprint density at radius 2 is 1.96 bits per heavy atom. The van der Waals surface area contributed by atoms with Crippen LogP contribution in [0.5, 0.6) is 0 Å². The van der Waals surface area contributed by atoms with Crippen LogP contribution in [-0.4, -0.2) is 22.1 Å². The van der Waals surface area contributed by atoms with Gasteiger partial charge < -0.3 is 9.88 Å². The van der Waals surface area contributed by atoms with Crippen LogP contribution in [-0.2, 0) is 13.5 Å². The largest absolute Gasteiger partial charge is 0.336 e. The van der Waals surface area contributed by atoms with E-state index in [4.69, 9.17) is 0 Å².